The Balaban J connectivity index is 3.18. The monoisotopic (exact) mass is 748 g/mol. The van der Waals surface area contributed by atoms with Gasteiger partial charge in [0.15, 0.2) is 5.96 Å². The normalized spacial score (nSPS) is 14.4. The molecule has 0 saturated carbocycles. The first kappa shape index (κ1) is 45.7. The van der Waals surface area contributed by atoms with Gasteiger partial charge >= 0.3 is 5.97 Å². The Bertz CT molecular complexity index is 1420. The van der Waals surface area contributed by atoms with E-state index >= 15 is 0 Å². The second-order valence-corrected chi connectivity index (χ2v) is 13.5. The fraction of sp³-hybridized carbons (Fsp3) is 0.588. The number of aliphatic imine (C=N–C) groups is 1. The van der Waals surface area contributed by atoms with Crippen molar-refractivity contribution in [2.24, 2.45) is 39.8 Å². The van der Waals surface area contributed by atoms with Crippen LogP contribution in [0.25, 0.3) is 0 Å². The average Bonchev–Trinajstić information content (AvgIpc) is 3.06. The van der Waals surface area contributed by atoms with Crippen LogP contribution in [0.15, 0.2) is 35.3 Å². The molecule has 0 heterocycles. The minimum atomic E-state index is -1.67. The number of aliphatic hydroxyl groups is 1. The van der Waals surface area contributed by atoms with Crippen LogP contribution >= 0.6 is 0 Å². The number of benzene rings is 1. The molecule has 0 aliphatic rings. The number of carbonyl (C=O) groups excluding carboxylic acids is 6. The summed E-state index contributed by atoms with van der Waals surface area (Å²) < 4.78 is 0. The van der Waals surface area contributed by atoms with Crippen molar-refractivity contribution in [2.45, 2.75) is 102 Å². The molecule has 53 heavy (non-hydrogen) atoms. The molecule has 1 aromatic rings. The second kappa shape index (κ2) is 23.3. The molecule has 15 N–H and O–H groups in total. The van der Waals surface area contributed by atoms with Crippen LogP contribution in [0.2, 0.25) is 0 Å². The van der Waals surface area contributed by atoms with Gasteiger partial charge in [-0.3, -0.25) is 33.8 Å². The summed E-state index contributed by atoms with van der Waals surface area (Å²) in [4.78, 5) is 93.5. The van der Waals surface area contributed by atoms with Crippen molar-refractivity contribution in [3.8, 4) is 0 Å². The van der Waals surface area contributed by atoms with E-state index in [-0.39, 0.29) is 56.4 Å². The number of carboxylic acid groups (broad SMARTS) is 1. The summed E-state index contributed by atoms with van der Waals surface area (Å²) in [6, 6.07) is 1.04. The zero-order valence-corrected chi connectivity index (χ0v) is 30.7. The van der Waals surface area contributed by atoms with E-state index < -0.39 is 90.7 Å². The number of nitrogens with one attached hydrogen (secondary N) is 5. The number of hydrogen-bond donors (Lipinski definition) is 11. The number of carbonyl (C=O) groups is 7. The van der Waals surface area contributed by atoms with Gasteiger partial charge in [0.2, 0.25) is 35.4 Å². The highest BCUT2D eigenvalue weighted by Crippen LogP contribution is 2.11. The Hall–Kier alpha value is -5.30. The number of nitrogens with zero attached hydrogens (tertiary/aromatic N) is 1. The molecule has 0 bridgehead atoms. The maximum Gasteiger partial charge on any atom is 0.326 e. The molecule has 19 nitrogen and oxygen atoms in total. The maximum atomic E-state index is 13.7. The van der Waals surface area contributed by atoms with Crippen molar-refractivity contribution in [3.05, 3.63) is 35.9 Å². The topological polar surface area (TPSA) is 337 Å². The molecular weight excluding hydrogens is 692 g/mol. The van der Waals surface area contributed by atoms with Crippen LogP contribution in [0.5, 0.6) is 0 Å². The molecule has 1 rings (SSSR count). The molecule has 6 atom stereocenters. The van der Waals surface area contributed by atoms with Gasteiger partial charge in [-0.25, -0.2) is 4.79 Å². The quantitative estimate of drug-likeness (QED) is 0.0288. The number of aliphatic hydroxyl groups excluding tert-OH is 1. The minimum Gasteiger partial charge on any atom is -0.480 e. The predicted molar refractivity (Wildman–Crippen MR) is 195 cm³/mol. The van der Waals surface area contributed by atoms with Crippen LogP contribution in [0.1, 0.15) is 65.4 Å². The molecule has 0 aromatic heterocycles. The fourth-order valence-electron chi connectivity index (χ4n) is 5.10. The Kier molecular flexibility index (Phi) is 20.1. The maximum absolute atomic E-state index is 13.7. The van der Waals surface area contributed by atoms with E-state index in [0.717, 1.165) is 5.56 Å². The van der Waals surface area contributed by atoms with Crippen LogP contribution in [0.4, 0.5) is 0 Å². The van der Waals surface area contributed by atoms with Gasteiger partial charge < -0.3 is 59.7 Å². The first-order chi connectivity index (χ1) is 24.8. The van der Waals surface area contributed by atoms with Gasteiger partial charge in [-0.2, -0.15) is 0 Å². The van der Waals surface area contributed by atoms with Gasteiger partial charge in [-0.1, -0.05) is 58.0 Å². The number of rotatable bonds is 24. The number of carboxylic acids is 1. The van der Waals surface area contributed by atoms with Crippen molar-refractivity contribution < 1.29 is 43.8 Å². The third kappa shape index (κ3) is 18.2. The molecule has 296 valence electrons. The summed E-state index contributed by atoms with van der Waals surface area (Å²) in [5.41, 5.74) is 22.7. The Labute approximate surface area is 308 Å². The molecule has 6 amide bonds. The van der Waals surface area contributed by atoms with Gasteiger partial charge in [0.25, 0.3) is 0 Å². The molecule has 0 unspecified atom stereocenters. The van der Waals surface area contributed by atoms with Crippen LogP contribution in [0, 0.1) is 11.8 Å². The number of nitrogens with two attached hydrogens (primary N) is 4. The van der Waals surface area contributed by atoms with Gasteiger partial charge in [0, 0.05) is 6.54 Å². The van der Waals surface area contributed by atoms with E-state index in [1.807, 2.05) is 6.07 Å². The zero-order valence-electron chi connectivity index (χ0n) is 30.7. The Morgan fingerprint density at radius 3 is 1.58 bits per heavy atom. The standard InChI is InChI=1S/C34H56N10O9/c1-18(2)13-23(30(49)40-22(11-8-12-39-34(37)38)29(48)43-25(33(52)53)16-27(36)46)41-31(50)24(14-19(3)4)42-32(51)26(17-45)44-28(47)21(35)15-20-9-6-5-7-10-20/h5-7,9-10,18-19,21-26,45H,8,11-17,35H2,1-4H3,(H2,36,46)(H,40,49)(H,41,50)(H,42,51)(H,43,48)(H,44,47)(H,52,53)(H4,37,38,39)/t21-,22-,23-,24+,25+,26+/m1/s1. The largest absolute Gasteiger partial charge is 0.480 e. The molecule has 0 radical (unpaired) electrons. The van der Waals surface area contributed by atoms with Crippen molar-refractivity contribution >= 4 is 47.4 Å². The van der Waals surface area contributed by atoms with Crippen LogP contribution < -0.4 is 49.5 Å². The summed E-state index contributed by atoms with van der Waals surface area (Å²) >= 11 is 0. The van der Waals surface area contributed by atoms with Crippen LogP contribution in [0.3, 0.4) is 0 Å². The molecule has 1 aromatic carbocycles. The molecule has 0 spiro atoms. The number of amides is 6. The minimum absolute atomic E-state index is 0.0606. The predicted octanol–water partition coefficient (Wildman–Crippen LogP) is -2.92. The van der Waals surface area contributed by atoms with Crippen LogP contribution in [-0.2, 0) is 40.0 Å². The fourth-order valence-corrected chi connectivity index (χ4v) is 5.10. The van der Waals surface area contributed by atoms with E-state index in [1.54, 1.807) is 52.0 Å². The average molecular weight is 749 g/mol. The van der Waals surface area contributed by atoms with Gasteiger partial charge in [-0.15, -0.1) is 0 Å². The lowest BCUT2D eigenvalue weighted by atomic mass is 9.99. The number of aliphatic carboxylic acids is 1. The molecule has 0 fully saturated rings. The van der Waals surface area contributed by atoms with Crippen molar-refractivity contribution in [3.63, 3.8) is 0 Å². The van der Waals surface area contributed by atoms with Crippen molar-refractivity contribution in [2.75, 3.05) is 13.2 Å². The third-order valence-corrected chi connectivity index (χ3v) is 7.73. The first-order valence-electron chi connectivity index (χ1n) is 17.3. The number of guanidine groups is 1. The lowest BCUT2D eigenvalue weighted by molar-refractivity contribution is -0.143. The highest BCUT2D eigenvalue weighted by Gasteiger charge is 2.33. The summed E-state index contributed by atoms with van der Waals surface area (Å²) in [7, 11) is 0. The third-order valence-electron chi connectivity index (χ3n) is 7.73. The summed E-state index contributed by atoms with van der Waals surface area (Å²) in [6.07, 6.45) is -0.208. The zero-order chi connectivity index (χ0) is 40.2. The van der Waals surface area contributed by atoms with Gasteiger partial charge in [0.1, 0.15) is 30.2 Å². The van der Waals surface area contributed by atoms with Gasteiger partial charge in [0.05, 0.1) is 19.1 Å². The van der Waals surface area contributed by atoms with Crippen LogP contribution in [-0.4, -0.2) is 107 Å². The molecule has 0 aliphatic carbocycles. The summed E-state index contributed by atoms with van der Waals surface area (Å²) in [5, 5.41) is 31.8. The van der Waals surface area contributed by atoms with E-state index in [2.05, 4.69) is 31.6 Å². The Morgan fingerprint density at radius 2 is 1.13 bits per heavy atom. The molecule has 0 aliphatic heterocycles. The van der Waals surface area contributed by atoms with Crippen molar-refractivity contribution in [1.82, 2.24) is 26.6 Å². The highest BCUT2D eigenvalue weighted by molar-refractivity contribution is 5.96. The number of primary amides is 1. The number of hydrogen-bond acceptors (Lipinski definition) is 10. The lowest BCUT2D eigenvalue weighted by Gasteiger charge is -2.28. The molecular formula is C34H56N10O9. The summed E-state index contributed by atoms with van der Waals surface area (Å²) in [6.45, 7) is 6.45. The first-order valence-corrected chi connectivity index (χ1v) is 17.3. The smallest absolute Gasteiger partial charge is 0.326 e. The molecule has 0 saturated heterocycles. The highest BCUT2D eigenvalue weighted by atomic mass is 16.4. The summed E-state index contributed by atoms with van der Waals surface area (Å²) in [5.74, 6) is -7.03. The molecule has 19 heteroatoms. The second-order valence-electron chi connectivity index (χ2n) is 13.5. The van der Waals surface area contributed by atoms with E-state index in [0.29, 0.717) is 0 Å². The van der Waals surface area contributed by atoms with Gasteiger partial charge in [-0.05, 0) is 49.5 Å². The SMILES string of the molecule is CC(C)C[C@H](NC(=O)[C@H](CO)NC(=O)[C@H](N)Cc1ccccc1)C(=O)N[C@H](CC(C)C)C(=O)N[C@H](CCCN=C(N)N)C(=O)N[C@@H](CC(N)=O)C(=O)O. The van der Waals surface area contributed by atoms with E-state index in [9.17, 15) is 43.8 Å². The van der Waals surface area contributed by atoms with E-state index in [4.69, 9.17) is 22.9 Å². The Morgan fingerprint density at radius 1 is 0.679 bits per heavy atom. The van der Waals surface area contributed by atoms with E-state index in [1.165, 1.54) is 0 Å². The van der Waals surface area contributed by atoms with Crippen molar-refractivity contribution in [1.29, 1.82) is 0 Å². The lowest BCUT2D eigenvalue weighted by Crippen LogP contribution is -2.60.